The third-order valence-corrected chi connectivity index (χ3v) is 7.29. The molecule has 2 nitrogen and oxygen atoms in total. The molecule has 0 saturated carbocycles. The Morgan fingerprint density at radius 3 is 2.32 bits per heavy atom. The fourth-order valence-corrected chi connectivity index (χ4v) is 5.58. The molecule has 2 aromatic heterocycles. The first-order valence-electron chi connectivity index (χ1n) is 10.6. The molecule has 2 heterocycles. The molecule has 150 valence electrons. The molecular formula is C28H22N2S. The highest BCUT2D eigenvalue weighted by Crippen LogP contribution is 2.42. The van der Waals surface area contributed by atoms with Crippen molar-refractivity contribution < 1.29 is 0 Å². The van der Waals surface area contributed by atoms with Gasteiger partial charge in [-0.2, -0.15) is 0 Å². The zero-order valence-corrected chi connectivity index (χ0v) is 18.6. The third kappa shape index (κ3) is 2.92. The number of fused-ring (bicyclic) bond motifs is 6. The SMILES string of the molecule is CC(C)(C)c1ccc2ccc3c(sc4ncnc(-c5ccc6ccccc6c5)c43)c2c1. The zero-order valence-electron chi connectivity index (χ0n) is 17.8. The van der Waals surface area contributed by atoms with E-state index < -0.39 is 0 Å². The number of hydrogen-bond acceptors (Lipinski definition) is 3. The van der Waals surface area contributed by atoms with Crippen molar-refractivity contribution in [3.05, 3.63) is 84.7 Å². The van der Waals surface area contributed by atoms with Gasteiger partial charge in [0.15, 0.2) is 0 Å². The second-order valence-electron chi connectivity index (χ2n) is 9.19. The van der Waals surface area contributed by atoms with Gasteiger partial charge in [-0.05, 0) is 44.7 Å². The smallest absolute Gasteiger partial charge is 0.128 e. The first-order chi connectivity index (χ1) is 15.0. The van der Waals surface area contributed by atoms with Crippen LogP contribution in [-0.4, -0.2) is 9.97 Å². The van der Waals surface area contributed by atoms with E-state index in [1.54, 1.807) is 17.7 Å². The van der Waals surface area contributed by atoms with Gasteiger partial charge in [-0.1, -0.05) is 81.4 Å². The summed E-state index contributed by atoms with van der Waals surface area (Å²) < 4.78 is 1.29. The maximum atomic E-state index is 4.74. The summed E-state index contributed by atoms with van der Waals surface area (Å²) in [6.07, 6.45) is 1.70. The van der Waals surface area contributed by atoms with Gasteiger partial charge in [0.05, 0.1) is 5.69 Å². The molecule has 3 heteroatoms. The lowest BCUT2D eigenvalue weighted by atomic mass is 9.86. The molecule has 0 saturated heterocycles. The van der Waals surface area contributed by atoms with E-state index >= 15 is 0 Å². The Kier molecular flexibility index (Phi) is 3.93. The van der Waals surface area contributed by atoms with Crippen molar-refractivity contribution in [2.45, 2.75) is 26.2 Å². The second kappa shape index (κ2) is 6.60. The van der Waals surface area contributed by atoms with E-state index in [2.05, 4.69) is 98.6 Å². The van der Waals surface area contributed by atoms with Gasteiger partial charge >= 0.3 is 0 Å². The lowest BCUT2D eigenvalue weighted by molar-refractivity contribution is 0.591. The third-order valence-electron chi connectivity index (χ3n) is 6.14. The quantitative estimate of drug-likeness (QED) is 0.269. The molecule has 0 aliphatic heterocycles. The Balaban J connectivity index is 1.67. The van der Waals surface area contributed by atoms with Gasteiger partial charge in [-0.15, -0.1) is 11.3 Å². The minimum absolute atomic E-state index is 0.114. The summed E-state index contributed by atoms with van der Waals surface area (Å²) in [6.45, 7) is 6.80. The monoisotopic (exact) mass is 418 g/mol. The molecule has 0 amide bonds. The van der Waals surface area contributed by atoms with E-state index in [-0.39, 0.29) is 5.41 Å². The van der Waals surface area contributed by atoms with E-state index in [0.29, 0.717) is 0 Å². The predicted molar refractivity (Wildman–Crippen MR) is 134 cm³/mol. The Hall–Kier alpha value is -3.30. The normalized spacial score (nSPS) is 12.4. The minimum atomic E-state index is 0.114. The van der Waals surface area contributed by atoms with Crippen LogP contribution in [0.3, 0.4) is 0 Å². The average Bonchev–Trinajstić information content (AvgIpc) is 3.17. The van der Waals surface area contributed by atoms with Gasteiger partial charge in [-0.3, -0.25) is 0 Å². The lowest BCUT2D eigenvalue weighted by Gasteiger charge is -2.19. The highest BCUT2D eigenvalue weighted by Gasteiger charge is 2.18. The van der Waals surface area contributed by atoms with E-state index in [1.807, 2.05) is 0 Å². The fourth-order valence-electron chi connectivity index (χ4n) is 4.41. The minimum Gasteiger partial charge on any atom is -0.236 e. The van der Waals surface area contributed by atoms with E-state index in [4.69, 9.17) is 4.98 Å². The molecule has 0 spiro atoms. The Labute approximate surface area is 185 Å². The summed E-state index contributed by atoms with van der Waals surface area (Å²) in [5, 5.41) is 7.44. The van der Waals surface area contributed by atoms with Crippen LogP contribution in [0.2, 0.25) is 0 Å². The van der Waals surface area contributed by atoms with Gasteiger partial charge in [0, 0.05) is 21.0 Å². The predicted octanol–water partition coefficient (Wildman–Crippen LogP) is 8.12. The second-order valence-corrected chi connectivity index (χ2v) is 10.2. The summed E-state index contributed by atoms with van der Waals surface area (Å²) >= 11 is 1.77. The van der Waals surface area contributed by atoms with Gasteiger partial charge < -0.3 is 0 Å². The number of rotatable bonds is 1. The molecule has 0 aliphatic carbocycles. The molecule has 0 radical (unpaired) electrons. The van der Waals surface area contributed by atoms with Crippen molar-refractivity contribution >= 4 is 53.2 Å². The molecule has 6 aromatic rings. The lowest BCUT2D eigenvalue weighted by Crippen LogP contribution is -2.10. The summed E-state index contributed by atoms with van der Waals surface area (Å²) in [7, 11) is 0. The zero-order chi connectivity index (χ0) is 21.2. The molecule has 0 fully saturated rings. The molecule has 0 N–H and O–H groups in total. The first-order valence-corrected chi connectivity index (χ1v) is 11.4. The molecule has 0 atom stereocenters. The molecule has 4 aromatic carbocycles. The fraction of sp³-hybridized carbons (Fsp3) is 0.143. The largest absolute Gasteiger partial charge is 0.236 e. The van der Waals surface area contributed by atoms with Crippen molar-refractivity contribution in [1.29, 1.82) is 0 Å². The number of nitrogens with zero attached hydrogens (tertiary/aromatic N) is 2. The summed E-state index contributed by atoms with van der Waals surface area (Å²) in [5.41, 5.74) is 3.61. The van der Waals surface area contributed by atoms with Crippen LogP contribution >= 0.6 is 11.3 Å². The van der Waals surface area contributed by atoms with Crippen LogP contribution in [0.15, 0.2) is 79.1 Å². The number of benzene rings is 4. The van der Waals surface area contributed by atoms with Gasteiger partial charge in [0.2, 0.25) is 0 Å². The molecule has 0 aliphatic rings. The van der Waals surface area contributed by atoms with E-state index in [9.17, 15) is 0 Å². The number of thiophene rings is 1. The molecular weight excluding hydrogens is 396 g/mol. The van der Waals surface area contributed by atoms with Crippen LogP contribution in [0.25, 0.3) is 53.1 Å². The van der Waals surface area contributed by atoms with Crippen molar-refractivity contribution in [3.8, 4) is 11.3 Å². The number of hydrogen-bond donors (Lipinski definition) is 0. The topological polar surface area (TPSA) is 25.8 Å². The first kappa shape index (κ1) is 18.5. The van der Waals surface area contributed by atoms with Gasteiger partial charge in [-0.25, -0.2) is 9.97 Å². The molecule has 6 rings (SSSR count). The highest BCUT2D eigenvalue weighted by molar-refractivity contribution is 7.26. The summed E-state index contributed by atoms with van der Waals surface area (Å²) in [4.78, 5) is 10.4. The maximum Gasteiger partial charge on any atom is 0.128 e. The van der Waals surface area contributed by atoms with Crippen molar-refractivity contribution in [3.63, 3.8) is 0 Å². The van der Waals surface area contributed by atoms with Crippen LogP contribution in [0.4, 0.5) is 0 Å². The van der Waals surface area contributed by atoms with Crippen molar-refractivity contribution in [1.82, 2.24) is 9.97 Å². The molecule has 0 bridgehead atoms. The van der Waals surface area contributed by atoms with Gasteiger partial charge in [0.1, 0.15) is 11.2 Å². The Bertz CT molecular complexity index is 1620. The number of aromatic nitrogens is 2. The molecule has 0 unspecified atom stereocenters. The van der Waals surface area contributed by atoms with Crippen LogP contribution in [0.1, 0.15) is 26.3 Å². The van der Waals surface area contributed by atoms with E-state index in [0.717, 1.165) is 21.5 Å². The Morgan fingerprint density at radius 2 is 1.48 bits per heavy atom. The molecule has 31 heavy (non-hydrogen) atoms. The standard InChI is InChI=1S/C28H22N2S/c1-28(2,3)21-12-10-18-11-13-22-24-25(20-9-8-17-6-4-5-7-19(17)14-20)29-16-30-27(24)31-26(22)23(18)15-21/h4-16H,1-3H3. The Morgan fingerprint density at radius 1 is 0.710 bits per heavy atom. The average molecular weight is 419 g/mol. The maximum absolute atomic E-state index is 4.74. The highest BCUT2D eigenvalue weighted by atomic mass is 32.1. The van der Waals surface area contributed by atoms with Crippen LogP contribution in [0, 0.1) is 0 Å². The summed E-state index contributed by atoms with van der Waals surface area (Å²) in [5.74, 6) is 0. The van der Waals surface area contributed by atoms with Crippen LogP contribution < -0.4 is 0 Å². The van der Waals surface area contributed by atoms with Gasteiger partial charge in [0.25, 0.3) is 0 Å². The van der Waals surface area contributed by atoms with Crippen molar-refractivity contribution in [2.75, 3.05) is 0 Å². The van der Waals surface area contributed by atoms with E-state index in [1.165, 1.54) is 37.2 Å². The van der Waals surface area contributed by atoms with Crippen LogP contribution in [0.5, 0.6) is 0 Å². The summed E-state index contributed by atoms with van der Waals surface area (Å²) in [6, 6.07) is 26.4. The van der Waals surface area contributed by atoms with Crippen molar-refractivity contribution in [2.24, 2.45) is 0 Å². The van der Waals surface area contributed by atoms with Crippen LogP contribution in [-0.2, 0) is 5.41 Å².